The van der Waals surface area contributed by atoms with Gasteiger partial charge in [0.1, 0.15) is 11.4 Å². The zero-order valence-corrected chi connectivity index (χ0v) is 11.5. The smallest absolute Gasteiger partial charge is 0.294 e. The van der Waals surface area contributed by atoms with Crippen molar-refractivity contribution in [1.29, 1.82) is 0 Å². The molecule has 6 nitrogen and oxygen atoms in total. The molecule has 0 spiro atoms. The van der Waals surface area contributed by atoms with Crippen LogP contribution in [0.5, 0.6) is 5.75 Å². The predicted molar refractivity (Wildman–Crippen MR) is 82.4 cm³/mol. The average Bonchev–Trinajstić information content (AvgIpc) is 2.48. The molecule has 0 saturated heterocycles. The zero-order chi connectivity index (χ0) is 15.2. The molecule has 0 aromatic heterocycles. The standard InChI is InChI=1S/C15H15N3O3/c1-2-21-13-6-3-11(4-7-13)10-17-12-5-8-14(16)15(9-12)18(19)20/h3-10H,2,16H2,1H3/b17-10+. The molecule has 0 aliphatic carbocycles. The summed E-state index contributed by atoms with van der Waals surface area (Å²) >= 11 is 0. The van der Waals surface area contributed by atoms with Gasteiger partial charge in [-0.3, -0.25) is 15.1 Å². The number of hydrogen-bond donors (Lipinski definition) is 1. The molecule has 2 aromatic carbocycles. The number of ether oxygens (including phenoxy) is 1. The van der Waals surface area contributed by atoms with E-state index in [-0.39, 0.29) is 11.4 Å². The van der Waals surface area contributed by atoms with Gasteiger partial charge in [0.2, 0.25) is 0 Å². The van der Waals surface area contributed by atoms with Gasteiger partial charge < -0.3 is 10.5 Å². The minimum Gasteiger partial charge on any atom is -0.494 e. The molecular formula is C15H15N3O3. The summed E-state index contributed by atoms with van der Waals surface area (Å²) in [5.74, 6) is 0.790. The molecule has 0 amide bonds. The summed E-state index contributed by atoms with van der Waals surface area (Å²) in [5.41, 5.74) is 6.87. The molecule has 0 aliphatic rings. The lowest BCUT2D eigenvalue weighted by Crippen LogP contribution is -1.94. The normalized spacial score (nSPS) is 10.7. The Kier molecular flexibility index (Phi) is 4.50. The van der Waals surface area contributed by atoms with Crippen LogP contribution >= 0.6 is 0 Å². The Hall–Kier alpha value is -2.89. The minimum atomic E-state index is -0.523. The van der Waals surface area contributed by atoms with Gasteiger partial charge in [-0.25, -0.2) is 0 Å². The minimum absolute atomic E-state index is 0.125. The first-order valence-corrected chi connectivity index (χ1v) is 6.41. The number of nitrogens with two attached hydrogens (primary N) is 1. The van der Waals surface area contributed by atoms with Gasteiger partial charge in [-0.15, -0.1) is 0 Å². The fraction of sp³-hybridized carbons (Fsp3) is 0.133. The highest BCUT2D eigenvalue weighted by atomic mass is 16.6. The van der Waals surface area contributed by atoms with Crippen molar-refractivity contribution >= 4 is 23.3 Å². The maximum atomic E-state index is 10.8. The first-order chi connectivity index (χ1) is 10.1. The highest BCUT2D eigenvalue weighted by Crippen LogP contribution is 2.26. The van der Waals surface area contributed by atoms with Crippen LogP contribution in [0, 0.1) is 10.1 Å². The van der Waals surface area contributed by atoms with Crippen molar-refractivity contribution in [3.8, 4) is 5.75 Å². The van der Waals surface area contributed by atoms with E-state index in [1.807, 2.05) is 31.2 Å². The summed E-state index contributed by atoms with van der Waals surface area (Å²) < 4.78 is 5.35. The number of aliphatic imine (C=N–C) groups is 1. The van der Waals surface area contributed by atoms with Crippen molar-refractivity contribution in [3.05, 3.63) is 58.1 Å². The molecule has 0 bridgehead atoms. The Balaban J connectivity index is 2.17. The number of anilines is 1. The van der Waals surface area contributed by atoms with Gasteiger partial charge in [0.15, 0.2) is 0 Å². The van der Waals surface area contributed by atoms with E-state index in [1.54, 1.807) is 12.3 Å². The summed E-state index contributed by atoms with van der Waals surface area (Å²) in [6, 6.07) is 11.9. The largest absolute Gasteiger partial charge is 0.494 e. The molecular weight excluding hydrogens is 270 g/mol. The van der Waals surface area contributed by atoms with E-state index in [4.69, 9.17) is 10.5 Å². The van der Waals surface area contributed by atoms with E-state index >= 15 is 0 Å². The third kappa shape index (κ3) is 3.79. The summed E-state index contributed by atoms with van der Waals surface area (Å²) in [7, 11) is 0. The van der Waals surface area contributed by atoms with Crippen molar-refractivity contribution in [2.24, 2.45) is 4.99 Å². The van der Waals surface area contributed by atoms with Gasteiger partial charge in [-0.2, -0.15) is 0 Å². The number of nitrogen functional groups attached to an aromatic ring is 1. The van der Waals surface area contributed by atoms with E-state index in [9.17, 15) is 10.1 Å². The van der Waals surface area contributed by atoms with Crippen LogP contribution in [0.2, 0.25) is 0 Å². The van der Waals surface area contributed by atoms with Gasteiger partial charge in [0.05, 0.1) is 17.2 Å². The highest BCUT2D eigenvalue weighted by molar-refractivity contribution is 5.82. The SMILES string of the molecule is CCOc1ccc(/C=N/c2ccc(N)c([N+](=O)[O-])c2)cc1. The van der Waals surface area contributed by atoms with Gasteiger partial charge >= 0.3 is 0 Å². The molecule has 0 atom stereocenters. The lowest BCUT2D eigenvalue weighted by molar-refractivity contribution is -0.383. The maximum absolute atomic E-state index is 10.8. The second-order valence-corrected chi connectivity index (χ2v) is 4.26. The second kappa shape index (κ2) is 6.51. The monoisotopic (exact) mass is 285 g/mol. The Morgan fingerprint density at radius 1 is 1.29 bits per heavy atom. The van der Waals surface area contributed by atoms with Crippen LogP contribution in [0.3, 0.4) is 0 Å². The molecule has 2 aromatic rings. The van der Waals surface area contributed by atoms with Gasteiger partial charge in [0, 0.05) is 12.3 Å². The van der Waals surface area contributed by atoms with Crippen LogP contribution in [0.1, 0.15) is 12.5 Å². The molecule has 6 heteroatoms. The van der Waals surface area contributed by atoms with Gasteiger partial charge in [0.25, 0.3) is 5.69 Å². The van der Waals surface area contributed by atoms with E-state index in [0.29, 0.717) is 12.3 Å². The molecule has 0 radical (unpaired) electrons. The predicted octanol–water partition coefficient (Wildman–Crippen LogP) is 3.33. The zero-order valence-electron chi connectivity index (χ0n) is 11.5. The third-order valence-electron chi connectivity index (χ3n) is 2.76. The molecule has 2 rings (SSSR count). The number of nitro groups is 1. The molecule has 0 saturated carbocycles. The Bertz CT molecular complexity index is 666. The van der Waals surface area contributed by atoms with Crippen LogP contribution in [0.15, 0.2) is 47.5 Å². The van der Waals surface area contributed by atoms with Gasteiger partial charge in [-0.1, -0.05) is 0 Å². The lowest BCUT2D eigenvalue weighted by Gasteiger charge is -2.02. The van der Waals surface area contributed by atoms with E-state index < -0.39 is 4.92 Å². The van der Waals surface area contributed by atoms with Crippen molar-refractivity contribution in [3.63, 3.8) is 0 Å². The van der Waals surface area contributed by atoms with Crippen molar-refractivity contribution in [2.75, 3.05) is 12.3 Å². The van der Waals surface area contributed by atoms with E-state index in [1.165, 1.54) is 12.1 Å². The van der Waals surface area contributed by atoms with Crippen molar-refractivity contribution < 1.29 is 9.66 Å². The quantitative estimate of drug-likeness (QED) is 0.395. The number of benzene rings is 2. The number of nitrogens with zero attached hydrogens (tertiary/aromatic N) is 2. The Morgan fingerprint density at radius 3 is 2.62 bits per heavy atom. The van der Waals surface area contributed by atoms with E-state index in [2.05, 4.69) is 4.99 Å². The topological polar surface area (TPSA) is 90.8 Å². The lowest BCUT2D eigenvalue weighted by atomic mass is 10.2. The summed E-state index contributed by atoms with van der Waals surface area (Å²) in [6.07, 6.45) is 1.63. The summed E-state index contributed by atoms with van der Waals surface area (Å²) in [5, 5.41) is 10.8. The highest BCUT2D eigenvalue weighted by Gasteiger charge is 2.11. The maximum Gasteiger partial charge on any atom is 0.294 e. The molecule has 2 N–H and O–H groups in total. The fourth-order valence-electron chi connectivity index (χ4n) is 1.74. The molecule has 108 valence electrons. The second-order valence-electron chi connectivity index (χ2n) is 4.26. The van der Waals surface area contributed by atoms with E-state index in [0.717, 1.165) is 11.3 Å². The Morgan fingerprint density at radius 2 is 2.00 bits per heavy atom. The average molecular weight is 285 g/mol. The molecule has 0 heterocycles. The number of nitro benzene ring substituents is 1. The molecule has 0 fully saturated rings. The summed E-state index contributed by atoms with van der Waals surface area (Å²) in [6.45, 7) is 2.53. The van der Waals surface area contributed by atoms with Crippen molar-refractivity contribution in [2.45, 2.75) is 6.92 Å². The fourth-order valence-corrected chi connectivity index (χ4v) is 1.74. The Labute approximate surface area is 122 Å². The van der Waals surface area contributed by atoms with Crippen LogP contribution in [0.4, 0.5) is 17.1 Å². The third-order valence-corrected chi connectivity index (χ3v) is 2.76. The van der Waals surface area contributed by atoms with Crippen LogP contribution in [-0.4, -0.2) is 17.7 Å². The number of rotatable bonds is 5. The molecule has 0 unspecified atom stereocenters. The molecule has 0 aliphatic heterocycles. The summed E-state index contributed by atoms with van der Waals surface area (Å²) in [4.78, 5) is 14.5. The molecule has 21 heavy (non-hydrogen) atoms. The van der Waals surface area contributed by atoms with Gasteiger partial charge in [-0.05, 0) is 48.9 Å². The van der Waals surface area contributed by atoms with Crippen molar-refractivity contribution in [1.82, 2.24) is 0 Å². The van der Waals surface area contributed by atoms with Crippen LogP contribution in [-0.2, 0) is 0 Å². The first kappa shape index (κ1) is 14.5. The van der Waals surface area contributed by atoms with Crippen LogP contribution in [0.25, 0.3) is 0 Å². The number of hydrogen-bond acceptors (Lipinski definition) is 5. The first-order valence-electron chi connectivity index (χ1n) is 6.41. The van der Waals surface area contributed by atoms with Crippen LogP contribution < -0.4 is 10.5 Å².